The Kier molecular flexibility index (Phi) is 9.35. The van der Waals surface area contributed by atoms with E-state index in [4.69, 9.17) is 19.4 Å². The van der Waals surface area contributed by atoms with E-state index in [-0.39, 0.29) is 0 Å². The lowest BCUT2D eigenvalue weighted by atomic mass is 9.67. The van der Waals surface area contributed by atoms with Gasteiger partial charge in [-0.15, -0.1) is 11.3 Å². The van der Waals surface area contributed by atoms with Crippen LogP contribution in [-0.2, 0) is 5.41 Å². The summed E-state index contributed by atoms with van der Waals surface area (Å²) in [6.45, 7) is 0. The van der Waals surface area contributed by atoms with Crippen molar-refractivity contribution in [1.82, 2.24) is 19.5 Å². The molecular weight excluding hydrogens is 945 g/mol. The van der Waals surface area contributed by atoms with E-state index < -0.39 is 5.41 Å². The molecule has 0 spiro atoms. The zero-order valence-electron chi connectivity index (χ0n) is 40.9. The minimum atomic E-state index is -0.546. The van der Waals surface area contributed by atoms with Crippen LogP contribution in [0.3, 0.4) is 0 Å². The van der Waals surface area contributed by atoms with E-state index in [1.165, 1.54) is 58.9 Å². The number of benzene rings is 11. The monoisotopic (exact) mass is 986 g/mol. The van der Waals surface area contributed by atoms with Gasteiger partial charge in [0.05, 0.1) is 16.4 Å². The molecule has 16 rings (SSSR count). The van der Waals surface area contributed by atoms with Crippen LogP contribution in [0.1, 0.15) is 22.3 Å². The SMILES string of the molecule is c1ccc(-c2cccc3c2oc2cc(-c4nc(-c5cccc(-n6c7ccccc7c7cc8c(cc76)C(c6ccccc6)(c6ccccc6)c6ccccc6-8)c5)nc(-c5cccc6sc7ccccc7c56)n4)ccc23)cc1. The number of rotatable bonds is 7. The second kappa shape index (κ2) is 16.6. The Morgan fingerprint density at radius 1 is 0.355 bits per heavy atom. The Morgan fingerprint density at radius 3 is 1.78 bits per heavy atom. The maximum atomic E-state index is 6.79. The maximum Gasteiger partial charge on any atom is 0.164 e. The maximum absolute atomic E-state index is 6.79. The number of nitrogens with zero attached hydrogens (tertiary/aromatic N) is 4. The number of thiophene rings is 1. The molecular formula is C70H42N4OS. The fourth-order valence-electron chi connectivity index (χ4n) is 12.5. The lowest BCUT2D eigenvalue weighted by Crippen LogP contribution is -2.28. The predicted octanol–water partition coefficient (Wildman–Crippen LogP) is 18.3. The van der Waals surface area contributed by atoms with Crippen molar-refractivity contribution in [3.05, 3.63) is 277 Å². The van der Waals surface area contributed by atoms with Gasteiger partial charge in [-0.3, -0.25) is 0 Å². The fraction of sp³-hybridized carbons (Fsp3) is 0.0143. The molecule has 5 nitrogen and oxygen atoms in total. The van der Waals surface area contributed by atoms with Gasteiger partial charge in [0.2, 0.25) is 0 Å². The third-order valence-corrected chi connectivity index (χ3v) is 16.9. The Bertz CT molecular complexity index is 4780. The molecule has 0 saturated carbocycles. The first-order valence-electron chi connectivity index (χ1n) is 25.7. The summed E-state index contributed by atoms with van der Waals surface area (Å²) >= 11 is 1.79. The number of hydrogen-bond donors (Lipinski definition) is 0. The molecule has 1 aliphatic rings. The van der Waals surface area contributed by atoms with Crippen LogP contribution in [0.2, 0.25) is 0 Å². The van der Waals surface area contributed by atoms with Crippen molar-refractivity contribution < 1.29 is 4.42 Å². The van der Waals surface area contributed by atoms with Gasteiger partial charge in [-0.25, -0.2) is 15.0 Å². The average Bonchev–Trinajstić information content (AvgIpc) is 4.40. The van der Waals surface area contributed by atoms with Gasteiger partial charge in [-0.2, -0.15) is 0 Å². The quantitative estimate of drug-likeness (QED) is 0.160. The van der Waals surface area contributed by atoms with Crippen LogP contribution >= 0.6 is 11.3 Å². The van der Waals surface area contributed by atoms with E-state index >= 15 is 0 Å². The lowest BCUT2D eigenvalue weighted by Gasteiger charge is -2.34. The summed E-state index contributed by atoms with van der Waals surface area (Å²) in [5.41, 5.74) is 16.7. The molecule has 354 valence electrons. The van der Waals surface area contributed by atoms with E-state index in [0.29, 0.717) is 17.5 Å². The fourth-order valence-corrected chi connectivity index (χ4v) is 13.6. The zero-order chi connectivity index (χ0) is 49.9. The van der Waals surface area contributed by atoms with Gasteiger partial charge in [0.1, 0.15) is 11.2 Å². The molecule has 0 saturated heterocycles. The number of furan rings is 1. The largest absolute Gasteiger partial charge is 0.455 e. The molecule has 76 heavy (non-hydrogen) atoms. The summed E-state index contributed by atoms with van der Waals surface area (Å²) < 4.78 is 11.6. The Hall–Kier alpha value is -9.75. The molecule has 15 aromatic rings. The minimum Gasteiger partial charge on any atom is -0.455 e. The first kappa shape index (κ1) is 42.7. The first-order valence-corrected chi connectivity index (χ1v) is 26.6. The highest BCUT2D eigenvalue weighted by atomic mass is 32.1. The van der Waals surface area contributed by atoms with E-state index in [1.54, 1.807) is 11.3 Å². The van der Waals surface area contributed by atoms with E-state index in [0.717, 1.165) is 71.9 Å². The highest BCUT2D eigenvalue weighted by Crippen LogP contribution is 2.57. The van der Waals surface area contributed by atoms with Gasteiger partial charge in [-0.1, -0.05) is 200 Å². The van der Waals surface area contributed by atoms with Gasteiger partial charge in [-0.05, 0) is 93.5 Å². The summed E-state index contributed by atoms with van der Waals surface area (Å²) in [7, 11) is 0. The second-order valence-corrected chi connectivity index (χ2v) is 20.9. The third kappa shape index (κ3) is 6.28. The van der Waals surface area contributed by atoms with E-state index in [1.807, 2.05) is 6.07 Å². The van der Waals surface area contributed by atoms with E-state index in [9.17, 15) is 0 Å². The standard InChI is InChI=1S/C70H42N4OS/c1-4-19-43(20-5-1)49-30-17-31-53-52-38-37-45(40-62(52)75-66(49)53)68-71-67(72-69(73-68)55-32-18-36-64-65(55)54-29-12-15-35-63(54)76-64)44-21-16-26-48(39-44)74-60-34-14-11-28-51(60)57-41-56-50-27-10-13-33-58(50)70(59(56)42-61(57)74,46-22-6-2-7-23-46)47-24-8-3-9-25-47/h1-42H. The number of para-hydroxylation sites is 2. The molecule has 11 aromatic carbocycles. The zero-order valence-corrected chi connectivity index (χ0v) is 41.7. The lowest BCUT2D eigenvalue weighted by molar-refractivity contribution is 0.670. The van der Waals surface area contributed by atoms with Crippen molar-refractivity contribution in [2.24, 2.45) is 0 Å². The van der Waals surface area contributed by atoms with Crippen molar-refractivity contribution in [3.63, 3.8) is 0 Å². The van der Waals surface area contributed by atoms with Gasteiger partial charge >= 0.3 is 0 Å². The summed E-state index contributed by atoms with van der Waals surface area (Å²) in [5.74, 6) is 1.76. The molecule has 4 aromatic heterocycles. The molecule has 0 bridgehead atoms. The van der Waals surface area contributed by atoms with Crippen LogP contribution in [0.15, 0.2) is 259 Å². The van der Waals surface area contributed by atoms with Crippen LogP contribution in [-0.4, -0.2) is 19.5 Å². The Morgan fingerprint density at radius 2 is 0.961 bits per heavy atom. The molecule has 0 amide bonds. The highest BCUT2D eigenvalue weighted by Gasteiger charge is 2.46. The van der Waals surface area contributed by atoms with Gasteiger partial charge < -0.3 is 8.98 Å². The number of aromatic nitrogens is 4. The van der Waals surface area contributed by atoms with Crippen molar-refractivity contribution in [2.75, 3.05) is 0 Å². The van der Waals surface area contributed by atoms with Crippen LogP contribution < -0.4 is 0 Å². The molecule has 0 radical (unpaired) electrons. The van der Waals surface area contributed by atoms with Crippen molar-refractivity contribution in [2.45, 2.75) is 5.41 Å². The second-order valence-electron chi connectivity index (χ2n) is 19.8. The Balaban J connectivity index is 0.914. The van der Waals surface area contributed by atoms with Crippen molar-refractivity contribution in [3.8, 4) is 62.1 Å². The molecule has 1 aliphatic carbocycles. The molecule has 6 heteroatoms. The topological polar surface area (TPSA) is 56.7 Å². The summed E-state index contributed by atoms with van der Waals surface area (Å²) in [4.78, 5) is 16.2. The van der Waals surface area contributed by atoms with Gasteiger partial charge in [0.25, 0.3) is 0 Å². The average molecular weight is 987 g/mol. The molecule has 0 aliphatic heterocycles. The van der Waals surface area contributed by atoms with Gasteiger partial charge in [0, 0.05) is 69.7 Å². The van der Waals surface area contributed by atoms with Crippen LogP contribution in [0.4, 0.5) is 0 Å². The Labute approximate surface area is 441 Å². The summed E-state index contributed by atoms with van der Waals surface area (Å²) in [6, 6.07) is 91.7. The van der Waals surface area contributed by atoms with Crippen molar-refractivity contribution >= 4 is 75.3 Å². The number of fused-ring (bicyclic) bond motifs is 12. The van der Waals surface area contributed by atoms with Gasteiger partial charge in [0.15, 0.2) is 17.5 Å². The van der Waals surface area contributed by atoms with Crippen LogP contribution in [0, 0.1) is 0 Å². The molecule has 0 fully saturated rings. The molecule has 0 N–H and O–H groups in total. The molecule has 0 unspecified atom stereocenters. The highest BCUT2D eigenvalue weighted by molar-refractivity contribution is 7.25. The van der Waals surface area contributed by atoms with Crippen LogP contribution in [0.5, 0.6) is 0 Å². The van der Waals surface area contributed by atoms with E-state index in [2.05, 4.69) is 253 Å². The van der Waals surface area contributed by atoms with Crippen LogP contribution in [0.25, 0.3) is 126 Å². The minimum absolute atomic E-state index is 0.546. The summed E-state index contributed by atoms with van der Waals surface area (Å²) in [5, 5.41) is 6.83. The normalized spacial score (nSPS) is 12.8. The summed E-state index contributed by atoms with van der Waals surface area (Å²) in [6.07, 6.45) is 0. The number of hydrogen-bond acceptors (Lipinski definition) is 5. The predicted molar refractivity (Wildman–Crippen MR) is 313 cm³/mol. The molecule has 0 atom stereocenters. The third-order valence-electron chi connectivity index (χ3n) is 15.7. The molecule has 4 heterocycles. The van der Waals surface area contributed by atoms with Crippen molar-refractivity contribution in [1.29, 1.82) is 0 Å². The smallest absolute Gasteiger partial charge is 0.164 e. The first-order chi connectivity index (χ1) is 37.7.